The van der Waals surface area contributed by atoms with Gasteiger partial charge in [0.05, 0.1) is 4.90 Å². The second-order valence-electron chi connectivity index (χ2n) is 6.49. The summed E-state index contributed by atoms with van der Waals surface area (Å²) in [6.07, 6.45) is 1.83. The molecule has 0 unspecified atom stereocenters. The second kappa shape index (κ2) is 7.92. The second-order valence-corrected chi connectivity index (χ2v) is 8.23. The van der Waals surface area contributed by atoms with Gasteiger partial charge < -0.3 is 5.32 Å². The minimum atomic E-state index is -3.44. The maximum atomic E-state index is 12.4. The highest BCUT2D eigenvalue weighted by atomic mass is 32.2. The van der Waals surface area contributed by atoms with Gasteiger partial charge in [0.15, 0.2) is 0 Å². The molecule has 1 aromatic rings. The molecule has 4 nitrogen and oxygen atoms in total. The fourth-order valence-electron chi connectivity index (χ4n) is 1.95. The zero-order chi connectivity index (χ0) is 15.9. The van der Waals surface area contributed by atoms with Crippen LogP contribution in [0, 0.1) is 5.41 Å². The standard InChI is InChI=1S/C16H28N2O2S/c1-5-11-17-13-14-8-6-7-9-15(14)21(19,20)18-12-10-16(2,3)4/h6-9,17-18H,5,10-13H2,1-4H3. The van der Waals surface area contributed by atoms with Gasteiger partial charge in [0.1, 0.15) is 0 Å². The Bertz CT molecular complexity index is 533. The number of hydrogen-bond donors (Lipinski definition) is 2. The molecule has 0 saturated carbocycles. The Kier molecular flexibility index (Phi) is 6.84. The van der Waals surface area contributed by atoms with Crippen LogP contribution in [-0.2, 0) is 16.6 Å². The largest absolute Gasteiger partial charge is 0.313 e. The van der Waals surface area contributed by atoms with Gasteiger partial charge in [-0.15, -0.1) is 0 Å². The van der Waals surface area contributed by atoms with Crippen LogP contribution >= 0.6 is 0 Å². The van der Waals surface area contributed by atoms with Crippen molar-refractivity contribution < 1.29 is 8.42 Å². The van der Waals surface area contributed by atoms with Crippen LogP contribution < -0.4 is 10.0 Å². The minimum Gasteiger partial charge on any atom is -0.313 e. The molecule has 0 radical (unpaired) electrons. The van der Waals surface area contributed by atoms with Crippen molar-refractivity contribution in [3.8, 4) is 0 Å². The highest BCUT2D eigenvalue weighted by Gasteiger charge is 2.18. The van der Waals surface area contributed by atoms with Crippen LogP contribution in [0.25, 0.3) is 0 Å². The van der Waals surface area contributed by atoms with Gasteiger partial charge in [-0.3, -0.25) is 0 Å². The van der Waals surface area contributed by atoms with Crippen molar-refractivity contribution in [2.75, 3.05) is 13.1 Å². The summed E-state index contributed by atoms with van der Waals surface area (Å²) >= 11 is 0. The monoisotopic (exact) mass is 312 g/mol. The summed E-state index contributed by atoms with van der Waals surface area (Å²) in [5.74, 6) is 0. The molecule has 0 aromatic heterocycles. The van der Waals surface area contributed by atoms with Crippen molar-refractivity contribution in [1.29, 1.82) is 0 Å². The van der Waals surface area contributed by atoms with Crippen LogP contribution in [0.15, 0.2) is 29.2 Å². The van der Waals surface area contributed by atoms with Crippen LogP contribution in [-0.4, -0.2) is 21.5 Å². The minimum absolute atomic E-state index is 0.116. The average molecular weight is 312 g/mol. The van der Waals surface area contributed by atoms with E-state index in [2.05, 4.69) is 37.7 Å². The lowest BCUT2D eigenvalue weighted by molar-refractivity contribution is 0.378. The van der Waals surface area contributed by atoms with Crippen molar-refractivity contribution in [2.24, 2.45) is 5.41 Å². The molecule has 2 N–H and O–H groups in total. The van der Waals surface area contributed by atoms with Gasteiger partial charge in [0.2, 0.25) is 10.0 Å². The Hall–Kier alpha value is -0.910. The Morgan fingerprint density at radius 1 is 1.10 bits per heavy atom. The molecule has 1 aromatic carbocycles. The van der Waals surface area contributed by atoms with Crippen LogP contribution in [0.3, 0.4) is 0 Å². The van der Waals surface area contributed by atoms with E-state index in [1.54, 1.807) is 12.1 Å². The first-order valence-electron chi connectivity index (χ1n) is 7.54. The Labute approximate surface area is 129 Å². The van der Waals surface area contributed by atoms with Gasteiger partial charge in [-0.2, -0.15) is 0 Å². The van der Waals surface area contributed by atoms with Gasteiger partial charge >= 0.3 is 0 Å². The number of benzene rings is 1. The molecule has 0 aliphatic carbocycles. The topological polar surface area (TPSA) is 58.2 Å². The first-order chi connectivity index (χ1) is 9.76. The third kappa shape index (κ3) is 6.59. The lowest BCUT2D eigenvalue weighted by Crippen LogP contribution is -2.29. The quantitative estimate of drug-likeness (QED) is 0.726. The lowest BCUT2D eigenvalue weighted by atomic mass is 9.93. The fraction of sp³-hybridized carbons (Fsp3) is 0.625. The van der Waals surface area contributed by atoms with Crippen molar-refractivity contribution in [3.63, 3.8) is 0 Å². The van der Waals surface area contributed by atoms with Crippen LogP contribution in [0.2, 0.25) is 0 Å². The van der Waals surface area contributed by atoms with E-state index in [-0.39, 0.29) is 5.41 Å². The number of nitrogens with one attached hydrogen (secondary N) is 2. The first kappa shape index (κ1) is 18.1. The molecule has 0 bridgehead atoms. The molecule has 0 amide bonds. The summed E-state index contributed by atoms with van der Waals surface area (Å²) in [5.41, 5.74) is 0.930. The predicted molar refractivity (Wildman–Crippen MR) is 87.7 cm³/mol. The molecule has 0 heterocycles. The molecule has 5 heteroatoms. The van der Waals surface area contributed by atoms with E-state index < -0.39 is 10.0 Å². The zero-order valence-corrected chi connectivity index (χ0v) is 14.4. The third-order valence-corrected chi connectivity index (χ3v) is 4.73. The molecular formula is C16H28N2O2S. The summed E-state index contributed by atoms with van der Waals surface area (Å²) in [7, 11) is -3.44. The van der Waals surface area contributed by atoms with E-state index in [4.69, 9.17) is 0 Å². The van der Waals surface area contributed by atoms with E-state index in [9.17, 15) is 8.42 Å². The van der Waals surface area contributed by atoms with Crippen molar-refractivity contribution >= 4 is 10.0 Å². The fourth-order valence-corrected chi connectivity index (χ4v) is 3.22. The number of hydrogen-bond acceptors (Lipinski definition) is 3. The Balaban J connectivity index is 2.78. The zero-order valence-electron chi connectivity index (χ0n) is 13.6. The Morgan fingerprint density at radius 2 is 1.76 bits per heavy atom. The van der Waals surface area contributed by atoms with Crippen LogP contribution in [0.4, 0.5) is 0 Å². The Morgan fingerprint density at radius 3 is 2.38 bits per heavy atom. The molecule has 0 aliphatic heterocycles. The molecule has 1 rings (SSSR count). The summed E-state index contributed by atoms with van der Waals surface area (Å²) in [4.78, 5) is 0.377. The molecule has 0 fully saturated rings. The molecule has 21 heavy (non-hydrogen) atoms. The van der Waals surface area contributed by atoms with E-state index >= 15 is 0 Å². The van der Waals surface area contributed by atoms with Crippen molar-refractivity contribution in [2.45, 2.75) is 52.0 Å². The maximum Gasteiger partial charge on any atom is 0.240 e. The number of sulfonamides is 1. The molecule has 0 atom stereocenters. The molecule has 0 saturated heterocycles. The highest BCUT2D eigenvalue weighted by molar-refractivity contribution is 7.89. The van der Waals surface area contributed by atoms with Crippen LogP contribution in [0.1, 0.15) is 46.1 Å². The average Bonchev–Trinajstić information content (AvgIpc) is 2.37. The van der Waals surface area contributed by atoms with Gasteiger partial charge in [-0.25, -0.2) is 13.1 Å². The molecule has 0 spiro atoms. The smallest absolute Gasteiger partial charge is 0.240 e. The van der Waals surface area contributed by atoms with Gasteiger partial charge in [0, 0.05) is 13.1 Å². The van der Waals surface area contributed by atoms with E-state index in [1.165, 1.54) is 0 Å². The van der Waals surface area contributed by atoms with E-state index in [1.807, 2.05) is 12.1 Å². The maximum absolute atomic E-state index is 12.4. The summed E-state index contributed by atoms with van der Waals surface area (Å²) in [5, 5.41) is 3.25. The summed E-state index contributed by atoms with van der Waals surface area (Å²) in [6.45, 7) is 10.3. The summed E-state index contributed by atoms with van der Waals surface area (Å²) < 4.78 is 27.6. The van der Waals surface area contributed by atoms with E-state index in [0.717, 1.165) is 24.9 Å². The van der Waals surface area contributed by atoms with E-state index in [0.29, 0.717) is 18.0 Å². The van der Waals surface area contributed by atoms with Crippen LogP contribution in [0.5, 0.6) is 0 Å². The lowest BCUT2D eigenvalue weighted by Gasteiger charge is -2.18. The SMILES string of the molecule is CCCNCc1ccccc1S(=O)(=O)NCCC(C)(C)C. The normalized spacial score (nSPS) is 12.6. The summed E-state index contributed by atoms with van der Waals surface area (Å²) in [6, 6.07) is 7.17. The molecular weight excluding hydrogens is 284 g/mol. The van der Waals surface area contributed by atoms with Gasteiger partial charge in [0.25, 0.3) is 0 Å². The van der Waals surface area contributed by atoms with Crippen molar-refractivity contribution in [1.82, 2.24) is 10.0 Å². The van der Waals surface area contributed by atoms with Gasteiger partial charge in [-0.05, 0) is 36.4 Å². The van der Waals surface area contributed by atoms with Gasteiger partial charge in [-0.1, -0.05) is 45.9 Å². The molecule has 120 valence electrons. The third-order valence-electron chi connectivity index (χ3n) is 3.17. The first-order valence-corrected chi connectivity index (χ1v) is 9.03. The highest BCUT2D eigenvalue weighted by Crippen LogP contribution is 2.19. The van der Waals surface area contributed by atoms with Crippen molar-refractivity contribution in [3.05, 3.63) is 29.8 Å². The predicted octanol–water partition coefficient (Wildman–Crippen LogP) is 2.90. The molecule has 0 aliphatic rings. The number of rotatable bonds is 8.